The second-order valence-electron chi connectivity index (χ2n) is 2.85. The molecule has 1 aromatic heterocycles. The lowest BCUT2D eigenvalue weighted by Crippen LogP contribution is -2.29. The number of esters is 1. The molecule has 6 heteroatoms. The van der Waals surface area contributed by atoms with Crippen LogP contribution in [0.1, 0.15) is 4.88 Å². The predicted octanol–water partition coefficient (Wildman–Crippen LogP) is 2.58. The van der Waals surface area contributed by atoms with Crippen molar-refractivity contribution in [1.82, 2.24) is 5.32 Å². The number of halogens is 2. The zero-order chi connectivity index (χ0) is 11.3. The number of nitrogens with one attached hydrogen (secondary N) is 1. The molecule has 0 aliphatic rings. The van der Waals surface area contributed by atoms with Gasteiger partial charge in [-0.1, -0.05) is 22.6 Å². The average molecular weight is 404 g/mol. The number of thiophene rings is 1. The third-order valence-corrected chi connectivity index (χ3v) is 4.35. The summed E-state index contributed by atoms with van der Waals surface area (Å²) in [7, 11) is 1.41. The lowest BCUT2D eigenvalue weighted by atomic mass is 10.4. The molecule has 15 heavy (non-hydrogen) atoms. The van der Waals surface area contributed by atoms with Crippen molar-refractivity contribution in [2.45, 2.75) is 10.5 Å². The van der Waals surface area contributed by atoms with E-state index in [1.807, 2.05) is 5.38 Å². The molecule has 0 aliphatic heterocycles. The van der Waals surface area contributed by atoms with Crippen LogP contribution in [0.2, 0.25) is 0 Å². The van der Waals surface area contributed by atoms with Crippen molar-refractivity contribution in [2.24, 2.45) is 0 Å². The molecule has 0 fully saturated rings. The minimum atomic E-state index is -0.185. The van der Waals surface area contributed by atoms with Crippen LogP contribution in [0.5, 0.6) is 0 Å². The molecule has 0 saturated carbocycles. The first-order valence-corrected chi connectivity index (χ1v) is 7.21. The van der Waals surface area contributed by atoms with Gasteiger partial charge in [-0.05, 0) is 22.0 Å². The van der Waals surface area contributed by atoms with Gasteiger partial charge < -0.3 is 10.1 Å². The van der Waals surface area contributed by atoms with Crippen molar-refractivity contribution < 1.29 is 9.53 Å². The van der Waals surface area contributed by atoms with E-state index >= 15 is 0 Å². The number of rotatable bonds is 5. The molecule has 1 atom stereocenters. The van der Waals surface area contributed by atoms with E-state index in [0.717, 1.165) is 11.0 Å². The molecule has 0 spiro atoms. The summed E-state index contributed by atoms with van der Waals surface area (Å²) in [4.78, 5) is 12.3. The molecule has 1 heterocycles. The van der Waals surface area contributed by atoms with Crippen LogP contribution in [0, 0.1) is 0 Å². The highest BCUT2D eigenvalue weighted by molar-refractivity contribution is 14.1. The Morgan fingerprint density at radius 2 is 2.53 bits per heavy atom. The molecule has 1 N–H and O–H groups in total. The van der Waals surface area contributed by atoms with Gasteiger partial charge in [0.15, 0.2) is 0 Å². The summed E-state index contributed by atoms with van der Waals surface area (Å²) < 4.78 is 5.60. The second-order valence-corrected chi connectivity index (χ2v) is 6.27. The lowest BCUT2D eigenvalue weighted by Gasteiger charge is -2.07. The van der Waals surface area contributed by atoms with E-state index in [1.165, 1.54) is 12.0 Å². The molecule has 1 unspecified atom stereocenters. The van der Waals surface area contributed by atoms with E-state index in [4.69, 9.17) is 0 Å². The van der Waals surface area contributed by atoms with Crippen molar-refractivity contribution in [3.63, 3.8) is 0 Å². The summed E-state index contributed by atoms with van der Waals surface area (Å²) in [5.74, 6) is -0.185. The van der Waals surface area contributed by atoms with Gasteiger partial charge in [0.25, 0.3) is 0 Å². The van der Waals surface area contributed by atoms with Crippen LogP contribution in [0.3, 0.4) is 0 Å². The van der Waals surface area contributed by atoms with Gasteiger partial charge in [0.05, 0.1) is 7.11 Å². The van der Waals surface area contributed by atoms with Crippen LogP contribution in [-0.2, 0) is 16.1 Å². The maximum atomic E-state index is 11.1. The molecule has 0 radical (unpaired) electrons. The molecule has 1 aromatic rings. The second kappa shape index (κ2) is 6.82. The number of alkyl halides is 1. The largest absolute Gasteiger partial charge is 0.468 e. The Kier molecular flexibility index (Phi) is 6.10. The highest BCUT2D eigenvalue weighted by Crippen LogP contribution is 2.19. The minimum absolute atomic E-state index is 0.129. The van der Waals surface area contributed by atoms with Crippen molar-refractivity contribution in [2.75, 3.05) is 13.7 Å². The fraction of sp³-hybridized carbons (Fsp3) is 0.444. The van der Waals surface area contributed by atoms with Crippen LogP contribution in [0.4, 0.5) is 0 Å². The molecule has 0 saturated heterocycles. The molecule has 84 valence electrons. The Morgan fingerprint density at radius 3 is 3.07 bits per heavy atom. The zero-order valence-electron chi connectivity index (χ0n) is 8.13. The van der Waals surface area contributed by atoms with Gasteiger partial charge in [0.2, 0.25) is 0 Å². The van der Waals surface area contributed by atoms with E-state index in [0.29, 0.717) is 6.54 Å². The van der Waals surface area contributed by atoms with Crippen LogP contribution in [0.25, 0.3) is 0 Å². The molecule has 0 aromatic carbocycles. The SMILES string of the molecule is COC(=O)C(I)CNCc1cc(Br)cs1. The summed E-state index contributed by atoms with van der Waals surface area (Å²) in [6.07, 6.45) is 0. The van der Waals surface area contributed by atoms with Gasteiger partial charge in [0.1, 0.15) is 3.92 Å². The number of methoxy groups -OCH3 is 1. The topological polar surface area (TPSA) is 38.3 Å². The summed E-state index contributed by atoms with van der Waals surface area (Å²) in [6, 6.07) is 2.07. The highest BCUT2D eigenvalue weighted by atomic mass is 127. The van der Waals surface area contributed by atoms with Crippen molar-refractivity contribution in [1.29, 1.82) is 0 Å². The van der Waals surface area contributed by atoms with Crippen LogP contribution < -0.4 is 5.32 Å². The molecule has 0 aliphatic carbocycles. The Balaban J connectivity index is 2.24. The molecule has 1 rings (SSSR count). The Bertz CT molecular complexity index is 332. The predicted molar refractivity (Wildman–Crippen MR) is 73.5 cm³/mol. The molecular formula is C9H11BrINO2S. The summed E-state index contributed by atoms with van der Waals surface area (Å²) in [6.45, 7) is 1.41. The van der Waals surface area contributed by atoms with Gasteiger partial charge >= 0.3 is 5.97 Å². The monoisotopic (exact) mass is 403 g/mol. The standard InChI is InChI=1S/C9H11BrINO2S/c1-14-9(13)8(11)4-12-3-7-2-6(10)5-15-7/h2,5,8,12H,3-4H2,1H3. The number of hydrogen-bond acceptors (Lipinski definition) is 4. The van der Waals surface area contributed by atoms with E-state index in [9.17, 15) is 4.79 Å². The van der Waals surface area contributed by atoms with E-state index in [1.54, 1.807) is 11.3 Å². The molecular weight excluding hydrogens is 393 g/mol. The lowest BCUT2D eigenvalue weighted by molar-refractivity contribution is -0.139. The smallest absolute Gasteiger partial charge is 0.319 e. The van der Waals surface area contributed by atoms with Gasteiger partial charge in [-0.2, -0.15) is 0 Å². The quantitative estimate of drug-likeness (QED) is 0.466. The number of hydrogen-bond donors (Lipinski definition) is 1. The van der Waals surface area contributed by atoms with Crippen molar-refractivity contribution in [3.8, 4) is 0 Å². The van der Waals surface area contributed by atoms with Crippen LogP contribution in [-0.4, -0.2) is 23.5 Å². The van der Waals surface area contributed by atoms with Gasteiger partial charge in [-0.15, -0.1) is 11.3 Å². The maximum absolute atomic E-state index is 11.1. The van der Waals surface area contributed by atoms with E-state index < -0.39 is 0 Å². The first-order chi connectivity index (χ1) is 7.13. The Labute approximate surface area is 115 Å². The first kappa shape index (κ1) is 13.4. The molecule has 0 amide bonds. The summed E-state index contributed by atoms with van der Waals surface area (Å²) in [5, 5.41) is 5.25. The van der Waals surface area contributed by atoms with Crippen LogP contribution in [0.15, 0.2) is 15.9 Å². The maximum Gasteiger partial charge on any atom is 0.319 e. The van der Waals surface area contributed by atoms with E-state index in [-0.39, 0.29) is 9.89 Å². The summed E-state index contributed by atoms with van der Waals surface area (Å²) in [5.41, 5.74) is 0. The number of ether oxygens (including phenoxy) is 1. The Morgan fingerprint density at radius 1 is 1.80 bits per heavy atom. The van der Waals surface area contributed by atoms with E-state index in [2.05, 4.69) is 54.6 Å². The fourth-order valence-electron chi connectivity index (χ4n) is 0.980. The Hall–Kier alpha value is 0.340. The van der Waals surface area contributed by atoms with Crippen molar-refractivity contribution in [3.05, 3.63) is 20.8 Å². The minimum Gasteiger partial charge on any atom is -0.468 e. The third-order valence-electron chi connectivity index (χ3n) is 1.70. The van der Waals surface area contributed by atoms with Crippen LogP contribution >= 0.6 is 49.9 Å². The number of carbonyl (C=O) groups is 1. The van der Waals surface area contributed by atoms with Gasteiger partial charge in [-0.25, -0.2) is 0 Å². The van der Waals surface area contributed by atoms with Crippen molar-refractivity contribution >= 4 is 55.8 Å². The third kappa shape index (κ3) is 4.80. The molecule has 0 bridgehead atoms. The summed E-state index contributed by atoms with van der Waals surface area (Å²) >= 11 is 7.15. The number of carbonyl (C=O) groups excluding carboxylic acids is 1. The molecule has 3 nitrogen and oxygen atoms in total. The normalized spacial score (nSPS) is 12.5. The van der Waals surface area contributed by atoms with Gasteiger partial charge in [-0.3, -0.25) is 4.79 Å². The average Bonchev–Trinajstić information content (AvgIpc) is 2.63. The first-order valence-electron chi connectivity index (χ1n) is 4.29. The van der Waals surface area contributed by atoms with Gasteiger partial charge in [0, 0.05) is 27.8 Å². The highest BCUT2D eigenvalue weighted by Gasteiger charge is 2.13. The fourth-order valence-corrected chi connectivity index (χ4v) is 2.97. The zero-order valence-corrected chi connectivity index (χ0v) is 12.7.